The van der Waals surface area contributed by atoms with Gasteiger partial charge in [0.2, 0.25) is 0 Å². The molecule has 6 heteroatoms. The Labute approximate surface area is 156 Å². The number of nitrogens with zero attached hydrogens (tertiary/aromatic N) is 1. The van der Waals surface area contributed by atoms with Crippen molar-refractivity contribution in [1.82, 2.24) is 5.32 Å². The van der Waals surface area contributed by atoms with Crippen LogP contribution in [0.15, 0.2) is 42.5 Å². The Morgan fingerprint density at radius 3 is 2.44 bits per heavy atom. The Morgan fingerprint density at radius 1 is 1.11 bits per heavy atom. The molecule has 1 N–H and O–H groups in total. The number of carbonyl (C=O) groups excluding carboxylic acids is 1. The van der Waals surface area contributed by atoms with E-state index in [1.807, 2.05) is 6.07 Å². The Balaban J connectivity index is 1.67. The smallest absolute Gasteiger partial charge is 0.257 e. The molecule has 0 saturated heterocycles. The number of benzene rings is 2. The number of ether oxygens (including phenoxy) is 1. The van der Waals surface area contributed by atoms with E-state index in [1.165, 1.54) is 18.2 Å². The zero-order valence-corrected chi connectivity index (χ0v) is 14.8. The zero-order chi connectivity index (χ0) is 19.3. The minimum Gasteiger partial charge on any atom is -0.482 e. The van der Waals surface area contributed by atoms with Crippen LogP contribution in [0.4, 0.5) is 8.78 Å². The molecular formula is C21H20F2N2O2. The largest absolute Gasteiger partial charge is 0.482 e. The van der Waals surface area contributed by atoms with Gasteiger partial charge in [0.25, 0.3) is 5.91 Å². The molecule has 0 radical (unpaired) electrons. The lowest BCUT2D eigenvalue weighted by Gasteiger charge is -2.30. The van der Waals surface area contributed by atoms with Crippen LogP contribution in [-0.4, -0.2) is 19.1 Å². The summed E-state index contributed by atoms with van der Waals surface area (Å²) in [6, 6.07) is 12.5. The molecule has 140 valence electrons. The van der Waals surface area contributed by atoms with Gasteiger partial charge in [-0.3, -0.25) is 4.79 Å². The molecule has 1 aliphatic carbocycles. The van der Waals surface area contributed by atoms with Gasteiger partial charge in [0, 0.05) is 17.5 Å². The zero-order valence-electron chi connectivity index (χ0n) is 14.8. The average molecular weight is 370 g/mol. The van der Waals surface area contributed by atoms with Crippen LogP contribution < -0.4 is 10.1 Å². The van der Waals surface area contributed by atoms with Crippen molar-refractivity contribution in [3.63, 3.8) is 0 Å². The van der Waals surface area contributed by atoms with Crippen LogP contribution >= 0.6 is 0 Å². The third-order valence-corrected chi connectivity index (χ3v) is 5.04. The van der Waals surface area contributed by atoms with Crippen molar-refractivity contribution in [2.45, 2.75) is 31.1 Å². The number of carbonyl (C=O) groups is 1. The SMILES string of the molecule is N#Cc1ccccc1OCC(=O)NCC1(c2c(F)cccc2F)CCCC1. The van der Waals surface area contributed by atoms with Gasteiger partial charge in [-0.05, 0) is 37.1 Å². The number of hydrogen-bond acceptors (Lipinski definition) is 3. The highest BCUT2D eigenvalue weighted by molar-refractivity contribution is 5.77. The second-order valence-electron chi connectivity index (χ2n) is 6.76. The average Bonchev–Trinajstić information content (AvgIpc) is 3.14. The Bertz CT molecular complexity index is 850. The summed E-state index contributed by atoms with van der Waals surface area (Å²) >= 11 is 0. The van der Waals surface area contributed by atoms with E-state index in [1.54, 1.807) is 24.3 Å². The summed E-state index contributed by atoms with van der Waals surface area (Å²) in [5.74, 6) is -1.23. The van der Waals surface area contributed by atoms with Crippen LogP contribution in [0.5, 0.6) is 5.75 Å². The normalized spacial score (nSPS) is 15.1. The third-order valence-electron chi connectivity index (χ3n) is 5.04. The maximum absolute atomic E-state index is 14.3. The molecule has 4 nitrogen and oxygen atoms in total. The van der Waals surface area contributed by atoms with Crippen molar-refractivity contribution in [3.8, 4) is 11.8 Å². The maximum atomic E-state index is 14.3. The predicted octanol–water partition coefficient (Wildman–Crippen LogP) is 3.84. The van der Waals surface area contributed by atoms with Gasteiger partial charge in [0.15, 0.2) is 6.61 Å². The molecule has 3 rings (SSSR count). The molecule has 27 heavy (non-hydrogen) atoms. The summed E-state index contributed by atoms with van der Waals surface area (Å²) in [5, 5.41) is 11.8. The van der Waals surface area contributed by atoms with Crippen LogP contribution in [0.25, 0.3) is 0 Å². The van der Waals surface area contributed by atoms with E-state index in [0.29, 0.717) is 24.2 Å². The number of nitriles is 1. The van der Waals surface area contributed by atoms with Crippen LogP contribution in [0.1, 0.15) is 36.8 Å². The molecule has 1 saturated carbocycles. The van der Waals surface area contributed by atoms with Crippen LogP contribution in [-0.2, 0) is 10.2 Å². The van der Waals surface area contributed by atoms with Crippen molar-refractivity contribution in [2.24, 2.45) is 0 Å². The van der Waals surface area contributed by atoms with Crippen molar-refractivity contribution in [2.75, 3.05) is 13.2 Å². The van der Waals surface area contributed by atoms with Crippen molar-refractivity contribution in [3.05, 3.63) is 65.2 Å². The second-order valence-corrected chi connectivity index (χ2v) is 6.76. The summed E-state index contributed by atoms with van der Waals surface area (Å²) in [5.41, 5.74) is -0.347. The molecule has 0 heterocycles. The Morgan fingerprint density at radius 2 is 1.78 bits per heavy atom. The molecule has 0 atom stereocenters. The highest BCUT2D eigenvalue weighted by Crippen LogP contribution is 2.42. The number of amides is 1. The van der Waals surface area contributed by atoms with Crippen LogP contribution in [0.3, 0.4) is 0 Å². The van der Waals surface area contributed by atoms with E-state index in [0.717, 1.165) is 12.8 Å². The summed E-state index contributed by atoms with van der Waals surface area (Å²) < 4.78 is 34.0. The van der Waals surface area contributed by atoms with Gasteiger partial charge in [-0.15, -0.1) is 0 Å². The van der Waals surface area contributed by atoms with Crippen molar-refractivity contribution in [1.29, 1.82) is 5.26 Å². The minimum absolute atomic E-state index is 0.0542. The Kier molecular flexibility index (Phi) is 5.70. The topological polar surface area (TPSA) is 62.1 Å². The fourth-order valence-corrected chi connectivity index (χ4v) is 3.72. The molecule has 0 bridgehead atoms. The number of nitrogens with one attached hydrogen (secondary N) is 1. The summed E-state index contributed by atoms with van der Waals surface area (Å²) in [4.78, 5) is 12.2. The lowest BCUT2D eigenvalue weighted by atomic mass is 9.78. The van der Waals surface area contributed by atoms with E-state index in [9.17, 15) is 13.6 Å². The molecule has 1 amide bonds. The highest BCUT2D eigenvalue weighted by Gasteiger charge is 2.40. The molecule has 0 aliphatic heterocycles. The quantitative estimate of drug-likeness (QED) is 0.840. The number of rotatable bonds is 6. The van der Waals surface area contributed by atoms with E-state index in [2.05, 4.69) is 5.32 Å². The molecule has 1 fully saturated rings. The monoisotopic (exact) mass is 370 g/mol. The van der Waals surface area contributed by atoms with E-state index in [-0.39, 0.29) is 18.7 Å². The second kappa shape index (κ2) is 8.17. The molecule has 1 aliphatic rings. The predicted molar refractivity (Wildman–Crippen MR) is 96.2 cm³/mol. The van der Waals surface area contributed by atoms with Gasteiger partial charge in [-0.1, -0.05) is 31.0 Å². The summed E-state index contributed by atoms with van der Waals surface area (Å²) in [6.07, 6.45) is 2.94. The van der Waals surface area contributed by atoms with Gasteiger partial charge >= 0.3 is 0 Å². The van der Waals surface area contributed by atoms with E-state index in [4.69, 9.17) is 10.00 Å². The van der Waals surface area contributed by atoms with Crippen LogP contribution in [0.2, 0.25) is 0 Å². The van der Waals surface area contributed by atoms with Crippen LogP contribution in [0, 0.1) is 23.0 Å². The lowest BCUT2D eigenvalue weighted by molar-refractivity contribution is -0.123. The summed E-state index contributed by atoms with van der Waals surface area (Å²) in [6.45, 7) is -0.124. The molecular weight excluding hydrogens is 350 g/mol. The molecule has 0 spiro atoms. The van der Waals surface area contributed by atoms with Gasteiger partial charge in [-0.2, -0.15) is 5.26 Å². The number of para-hydroxylation sites is 1. The first-order chi connectivity index (χ1) is 13.1. The molecule has 2 aromatic rings. The molecule has 2 aromatic carbocycles. The minimum atomic E-state index is -0.740. The van der Waals surface area contributed by atoms with E-state index >= 15 is 0 Å². The maximum Gasteiger partial charge on any atom is 0.257 e. The van der Waals surface area contributed by atoms with Gasteiger partial charge in [0.1, 0.15) is 23.5 Å². The fraction of sp³-hybridized carbons (Fsp3) is 0.333. The standard InChI is InChI=1S/C21H20F2N2O2/c22-16-7-5-8-17(23)20(16)21(10-3-4-11-21)14-25-19(26)13-27-18-9-2-1-6-15(18)12-24/h1-2,5-9H,3-4,10-11,13-14H2,(H,25,26). The Hall–Kier alpha value is -2.94. The third kappa shape index (κ3) is 4.08. The first-order valence-electron chi connectivity index (χ1n) is 8.89. The highest BCUT2D eigenvalue weighted by atomic mass is 19.1. The molecule has 0 aromatic heterocycles. The van der Waals surface area contributed by atoms with Crippen molar-refractivity contribution >= 4 is 5.91 Å². The van der Waals surface area contributed by atoms with Gasteiger partial charge in [-0.25, -0.2) is 8.78 Å². The number of hydrogen-bond donors (Lipinski definition) is 1. The van der Waals surface area contributed by atoms with E-state index < -0.39 is 23.0 Å². The first kappa shape index (κ1) is 18.8. The summed E-state index contributed by atoms with van der Waals surface area (Å²) in [7, 11) is 0. The lowest BCUT2D eigenvalue weighted by Crippen LogP contribution is -2.42. The number of halogens is 2. The van der Waals surface area contributed by atoms with Gasteiger partial charge in [0.05, 0.1) is 5.56 Å². The molecule has 0 unspecified atom stereocenters. The van der Waals surface area contributed by atoms with Crippen molar-refractivity contribution < 1.29 is 18.3 Å². The first-order valence-corrected chi connectivity index (χ1v) is 8.89. The van der Waals surface area contributed by atoms with Gasteiger partial charge < -0.3 is 10.1 Å². The fourth-order valence-electron chi connectivity index (χ4n) is 3.72.